The second-order valence-electron chi connectivity index (χ2n) is 6.61. The minimum atomic E-state index is 0.0613. The van der Waals surface area contributed by atoms with Crippen LogP contribution in [-0.2, 0) is 4.79 Å². The van der Waals surface area contributed by atoms with Crippen LogP contribution in [0.15, 0.2) is 24.3 Å². The van der Waals surface area contributed by atoms with Crippen LogP contribution in [0.25, 0.3) is 0 Å². The fourth-order valence-electron chi connectivity index (χ4n) is 3.70. The van der Waals surface area contributed by atoms with Gasteiger partial charge in [0.2, 0.25) is 5.91 Å². The Morgan fingerprint density at radius 1 is 1.09 bits per heavy atom. The van der Waals surface area contributed by atoms with Crippen molar-refractivity contribution in [1.29, 1.82) is 0 Å². The summed E-state index contributed by atoms with van der Waals surface area (Å²) in [6.07, 6.45) is 4.48. The highest BCUT2D eigenvalue weighted by molar-refractivity contribution is 5.97. The number of nitrogens with one attached hydrogen (secondary N) is 1. The number of benzene rings is 1. The van der Waals surface area contributed by atoms with Gasteiger partial charge in [-0.15, -0.1) is 0 Å². The first-order chi connectivity index (χ1) is 10.7. The number of nitrogens with zero attached hydrogens (tertiary/aromatic N) is 2. The van der Waals surface area contributed by atoms with Gasteiger partial charge in [0.05, 0.1) is 6.04 Å². The molecule has 1 aromatic rings. The van der Waals surface area contributed by atoms with Crippen LogP contribution in [0.4, 0.5) is 5.69 Å². The molecule has 4 nitrogen and oxygen atoms in total. The second-order valence-corrected chi connectivity index (χ2v) is 6.61. The molecule has 4 heteroatoms. The Labute approximate surface area is 133 Å². The van der Waals surface area contributed by atoms with E-state index in [0.29, 0.717) is 6.04 Å². The number of carbonyl (C=O) groups is 1. The minimum Gasteiger partial charge on any atom is -0.316 e. The molecule has 1 aromatic carbocycles. The number of likely N-dealkylation sites (N-methyl/N-ethyl adjacent to an activating group) is 1. The molecular formula is C18H27N3O. The summed E-state index contributed by atoms with van der Waals surface area (Å²) in [5.74, 6) is 0.284. The zero-order chi connectivity index (χ0) is 15.5. The van der Waals surface area contributed by atoms with Crippen molar-refractivity contribution in [2.75, 3.05) is 31.6 Å². The molecule has 120 valence electrons. The summed E-state index contributed by atoms with van der Waals surface area (Å²) < 4.78 is 0. The molecule has 0 aliphatic carbocycles. The molecule has 2 atom stereocenters. The molecule has 2 aliphatic rings. The monoisotopic (exact) mass is 301 g/mol. The first-order valence-electron chi connectivity index (χ1n) is 8.48. The molecular weight excluding hydrogens is 274 g/mol. The Morgan fingerprint density at radius 3 is 2.55 bits per heavy atom. The highest BCUT2D eigenvalue weighted by Crippen LogP contribution is 2.26. The standard InChI is InChI=1S/C18H27N3O/c1-14-7-9-16(10-8-14)21-12-4-6-17(18(21)22)20-11-3-5-15(13-20)19-2/h7-10,15,17,19H,3-6,11-13H2,1-2H3. The van der Waals surface area contributed by atoms with Gasteiger partial charge in [0.15, 0.2) is 0 Å². The Balaban J connectivity index is 1.73. The largest absolute Gasteiger partial charge is 0.316 e. The SMILES string of the molecule is CNC1CCCN(C2CCCN(c3ccc(C)cc3)C2=O)C1. The number of piperidine rings is 2. The molecule has 2 saturated heterocycles. The van der Waals surface area contributed by atoms with Crippen molar-refractivity contribution in [1.82, 2.24) is 10.2 Å². The van der Waals surface area contributed by atoms with Crippen molar-refractivity contribution in [3.05, 3.63) is 29.8 Å². The third kappa shape index (κ3) is 3.18. The maximum absolute atomic E-state index is 13.0. The average Bonchev–Trinajstić information content (AvgIpc) is 2.56. The van der Waals surface area contributed by atoms with Crippen LogP contribution < -0.4 is 10.2 Å². The molecule has 2 fully saturated rings. The maximum Gasteiger partial charge on any atom is 0.244 e. The predicted molar refractivity (Wildman–Crippen MR) is 90.2 cm³/mol. The summed E-state index contributed by atoms with van der Waals surface area (Å²) in [5.41, 5.74) is 2.28. The van der Waals surface area contributed by atoms with E-state index in [9.17, 15) is 4.79 Å². The Bertz CT molecular complexity index is 514. The molecule has 3 rings (SSSR count). The molecule has 0 saturated carbocycles. The molecule has 0 aromatic heterocycles. The fraction of sp³-hybridized carbons (Fsp3) is 0.611. The number of carbonyl (C=O) groups excluding carboxylic acids is 1. The van der Waals surface area contributed by atoms with Gasteiger partial charge in [-0.1, -0.05) is 17.7 Å². The number of hydrogen-bond donors (Lipinski definition) is 1. The summed E-state index contributed by atoms with van der Waals surface area (Å²) in [5, 5.41) is 3.37. The zero-order valence-corrected chi connectivity index (χ0v) is 13.7. The number of likely N-dealkylation sites (tertiary alicyclic amines) is 1. The van der Waals surface area contributed by atoms with Crippen molar-refractivity contribution in [3.63, 3.8) is 0 Å². The average molecular weight is 301 g/mol. The van der Waals surface area contributed by atoms with Crippen LogP contribution in [0.3, 0.4) is 0 Å². The number of amides is 1. The summed E-state index contributed by atoms with van der Waals surface area (Å²) in [6, 6.07) is 8.90. The number of aryl methyl sites for hydroxylation is 1. The van der Waals surface area contributed by atoms with Crippen LogP contribution in [0.2, 0.25) is 0 Å². The van der Waals surface area contributed by atoms with Crippen molar-refractivity contribution >= 4 is 11.6 Å². The van der Waals surface area contributed by atoms with Gasteiger partial charge in [-0.25, -0.2) is 0 Å². The first kappa shape index (κ1) is 15.5. The third-order valence-electron chi connectivity index (χ3n) is 5.06. The molecule has 2 unspecified atom stereocenters. The van der Waals surface area contributed by atoms with Gasteiger partial charge >= 0.3 is 0 Å². The van der Waals surface area contributed by atoms with E-state index in [1.165, 1.54) is 18.4 Å². The summed E-state index contributed by atoms with van der Waals surface area (Å²) >= 11 is 0. The van der Waals surface area contributed by atoms with Crippen LogP contribution in [0.1, 0.15) is 31.2 Å². The quantitative estimate of drug-likeness (QED) is 0.929. The van der Waals surface area contributed by atoms with Crippen LogP contribution in [0.5, 0.6) is 0 Å². The topological polar surface area (TPSA) is 35.6 Å². The first-order valence-corrected chi connectivity index (χ1v) is 8.48. The van der Waals surface area contributed by atoms with Gasteiger partial charge in [0.25, 0.3) is 0 Å². The second kappa shape index (κ2) is 6.80. The Hall–Kier alpha value is -1.39. The molecule has 1 N–H and O–H groups in total. The summed E-state index contributed by atoms with van der Waals surface area (Å²) in [6.45, 7) is 4.98. The molecule has 0 bridgehead atoms. The van der Waals surface area contributed by atoms with Crippen LogP contribution >= 0.6 is 0 Å². The van der Waals surface area contributed by atoms with Gasteiger partial charge in [-0.2, -0.15) is 0 Å². The number of hydrogen-bond acceptors (Lipinski definition) is 3. The summed E-state index contributed by atoms with van der Waals surface area (Å²) in [4.78, 5) is 17.3. The van der Waals surface area contributed by atoms with E-state index >= 15 is 0 Å². The van der Waals surface area contributed by atoms with Gasteiger partial charge in [0, 0.05) is 24.8 Å². The van der Waals surface area contributed by atoms with E-state index in [2.05, 4.69) is 41.4 Å². The van der Waals surface area contributed by atoms with Crippen molar-refractivity contribution in [3.8, 4) is 0 Å². The lowest BCUT2D eigenvalue weighted by atomic mass is 9.97. The highest BCUT2D eigenvalue weighted by Gasteiger charge is 2.35. The number of anilines is 1. The fourth-order valence-corrected chi connectivity index (χ4v) is 3.70. The van der Waals surface area contributed by atoms with E-state index in [0.717, 1.165) is 38.2 Å². The van der Waals surface area contributed by atoms with Crippen LogP contribution in [0, 0.1) is 6.92 Å². The van der Waals surface area contributed by atoms with E-state index in [4.69, 9.17) is 0 Å². The molecule has 0 radical (unpaired) electrons. The van der Waals surface area contributed by atoms with E-state index in [1.807, 2.05) is 11.9 Å². The minimum absolute atomic E-state index is 0.0613. The Kier molecular flexibility index (Phi) is 4.79. The van der Waals surface area contributed by atoms with Gasteiger partial charge < -0.3 is 10.2 Å². The van der Waals surface area contributed by atoms with E-state index in [-0.39, 0.29) is 11.9 Å². The summed E-state index contributed by atoms with van der Waals surface area (Å²) in [7, 11) is 2.02. The molecule has 0 spiro atoms. The van der Waals surface area contributed by atoms with Gasteiger partial charge in [0.1, 0.15) is 0 Å². The predicted octanol–water partition coefficient (Wildman–Crippen LogP) is 2.17. The smallest absolute Gasteiger partial charge is 0.244 e. The maximum atomic E-state index is 13.0. The van der Waals surface area contributed by atoms with Gasteiger partial charge in [-0.05, 0) is 58.3 Å². The van der Waals surface area contributed by atoms with Crippen molar-refractivity contribution in [2.45, 2.75) is 44.7 Å². The molecule has 22 heavy (non-hydrogen) atoms. The Morgan fingerprint density at radius 2 is 1.82 bits per heavy atom. The molecule has 1 amide bonds. The third-order valence-corrected chi connectivity index (χ3v) is 5.06. The highest BCUT2D eigenvalue weighted by atomic mass is 16.2. The molecule has 2 heterocycles. The normalized spacial score (nSPS) is 27.2. The van der Waals surface area contributed by atoms with Gasteiger partial charge in [-0.3, -0.25) is 9.69 Å². The van der Waals surface area contributed by atoms with E-state index in [1.54, 1.807) is 0 Å². The van der Waals surface area contributed by atoms with Crippen LogP contribution in [-0.4, -0.2) is 49.6 Å². The lowest BCUT2D eigenvalue weighted by Crippen LogP contribution is -2.57. The molecule has 2 aliphatic heterocycles. The lowest BCUT2D eigenvalue weighted by Gasteiger charge is -2.42. The van der Waals surface area contributed by atoms with Crippen molar-refractivity contribution < 1.29 is 4.79 Å². The van der Waals surface area contributed by atoms with Crippen molar-refractivity contribution in [2.24, 2.45) is 0 Å². The zero-order valence-electron chi connectivity index (χ0n) is 13.7. The lowest BCUT2D eigenvalue weighted by molar-refractivity contribution is -0.126. The van der Waals surface area contributed by atoms with E-state index < -0.39 is 0 Å². The number of rotatable bonds is 3.